The number of aryl methyl sites for hydroxylation is 1. The minimum Gasteiger partial charge on any atom is -0.391 e. The molecule has 2 nitrogen and oxygen atoms in total. The summed E-state index contributed by atoms with van der Waals surface area (Å²) in [6.07, 6.45) is 0. The summed E-state index contributed by atoms with van der Waals surface area (Å²) in [6.45, 7) is 4.53. The van der Waals surface area contributed by atoms with Crippen molar-refractivity contribution in [2.45, 2.75) is 20.5 Å². The second kappa shape index (κ2) is 6.01. The molecular formula is C16H17NO. The Labute approximate surface area is 108 Å². The summed E-state index contributed by atoms with van der Waals surface area (Å²) in [5.74, 6) is 0. The van der Waals surface area contributed by atoms with Crippen LogP contribution in [0.3, 0.4) is 0 Å². The maximum atomic E-state index is 5.36. The third kappa shape index (κ3) is 3.45. The Morgan fingerprint density at radius 1 is 1.06 bits per heavy atom. The van der Waals surface area contributed by atoms with E-state index in [2.05, 4.69) is 24.2 Å². The van der Waals surface area contributed by atoms with E-state index in [0.29, 0.717) is 6.61 Å². The molecule has 2 aromatic rings. The van der Waals surface area contributed by atoms with Gasteiger partial charge in [-0.05, 0) is 25.0 Å². The van der Waals surface area contributed by atoms with E-state index in [1.807, 2.05) is 49.4 Å². The number of rotatable bonds is 4. The highest BCUT2D eigenvalue weighted by atomic mass is 16.6. The highest BCUT2D eigenvalue weighted by molar-refractivity contribution is 5.98. The molecule has 0 radical (unpaired) electrons. The fourth-order valence-corrected chi connectivity index (χ4v) is 1.70. The van der Waals surface area contributed by atoms with Crippen LogP contribution in [0.4, 0.5) is 0 Å². The van der Waals surface area contributed by atoms with E-state index in [1.54, 1.807) is 0 Å². The standard InChI is InChI=1S/C16H17NO/c1-13-7-6-10-16(11-13)14(2)17-18-12-15-8-4-3-5-9-15/h3-11H,12H2,1-2H3/b17-14+. The molecule has 0 aliphatic rings. The minimum absolute atomic E-state index is 0.504. The van der Waals surface area contributed by atoms with Gasteiger partial charge in [0.25, 0.3) is 0 Å². The third-order valence-corrected chi connectivity index (χ3v) is 2.71. The van der Waals surface area contributed by atoms with Crippen LogP contribution >= 0.6 is 0 Å². The lowest BCUT2D eigenvalue weighted by molar-refractivity contribution is 0.130. The van der Waals surface area contributed by atoms with Crippen molar-refractivity contribution < 1.29 is 4.84 Å². The summed E-state index contributed by atoms with van der Waals surface area (Å²) in [4.78, 5) is 5.36. The Hall–Kier alpha value is -2.09. The predicted octanol–water partition coefficient (Wildman–Crippen LogP) is 3.94. The quantitative estimate of drug-likeness (QED) is 0.585. The van der Waals surface area contributed by atoms with Crippen molar-refractivity contribution in [1.82, 2.24) is 0 Å². The van der Waals surface area contributed by atoms with Crippen LogP contribution in [0.5, 0.6) is 0 Å². The molecule has 0 unspecified atom stereocenters. The van der Waals surface area contributed by atoms with Crippen LogP contribution in [-0.2, 0) is 11.4 Å². The lowest BCUT2D eigenvalue weighted by Gasteiger charge is -2.03. The Morgan fingerprint density at radius 3 is 2.56 bits per heavy atom. The van der Waals surface area contributed by atoms with E-state index in [9.17, 15) is 0 Å². The molecule has 2 heteroatoms. The largest absolute Gasteiger partial charge is 0.391 e. The van der Waals surface area contributed by atoms with Gasteiger partial charge in [-0.2, -0.15) is 0 Å². The van der Waals surface area contributed by atoms with Gasteiger partial charge in [-0.25, -0.2) is 0 Å². The van der Waals surface area contributed by atoms with Gasteiger partial charge in [-0.15, -0.1) is 0 Å². The summed E-state index contributed by atoms with van der Waals surface area (Å²) < 4.78 is 0. The van der Waals surface area contributed by atoms with Gasteiger partial charge in [0.15, 0.2) is 0 Å². The SMILES string of the molecule is C/C(=N\OCc1ccccc1)c1cccc(C)c1. The first-order valence-electron chi connectivity index (χ1n) is 6.03. The zero-order chi connectivity index (χ0) is 12.8. The van der Waals surface area contributed by atoms with Crippen LogP contribution in [0.1, 0.15) is 23.6 Å². The van der Waals surface area contributed by atoms with Gasteiger partial charge in [-0.3, -0.25) is 0 Å². The molecule has 2 aromatic carbocycles. The average Bonchev–Trinajstić information content (AvgIpc) is 2.40. The van der Waals surface area contributed by atoms with Crippen LogP contribution in [0.2, 0.25) is 0 Å². The second-order valence-electron chi connectivity index (χ2n) is 4.31. The molecule has 0 aromatic heterocycles. The number of hydrogen-bond donors (Lipinski definition) is 0. The molecule has 0 heterocycles. The number of oxime groups is 1. The van der Waals surface area contributed by atoms with Crippen molar-refractivity contribution in [3.8, 4) is 0 Å². The molecule has 0 amide bonds. The molecule has 0 spiro atoms. The zero-order valence-corrected chi connectivity index (χ0v) is 10.8. The molecule has 0 bridgehead atoms. The van der Waals surface area contributed by atoms with Crippen LogP contribution in [-0.4, -0.2) is 5.71 Å². The molecule has 0 saturated carbocycles. The van der Waals surface area contributed by atoms with Gasteiger partial charge in [0.1, 0.15) is 6.61 Å². The maximum absolute atomic E-state index is 5.36. The van der Waals surface area contributed by atoms with Crippen molar-refractivity contribution in [1.29, 1.82) is 0 Å². The van der Waals surface area contributed by atoms with Crippen molar-refractivity contribution in [2.75, 3.05) is 0 Å². The summed E-state index contributed by atoms with van der Waals surface area (Å²) >= 11 is 0. The number of nitrogens with zero attached hydrogens (tertiary/aromatic N) is 1. The molecule has 0 fully saturated rings. The minimum atomic E-state index is 0.504. The lowest BCUT2D eigenvalue weighted by Crippen LogP contribution is -1.97. The fourth-order valence-electron chi connectivity index (χ4n) is 1.70. The Kier molecular flexibility index (Phi) is 4.13. The summed E-state index contributed by atoms with van der Waals surface area (Å²) in [5, 5.41) is 4.15. The Bertz CT molecular complexity index is 532. The number of hydrogen-bond acceptors (Lipinski definition) is 2. The first-order chi connectivity index (χ1) is 8.75. The molecule has 0 N–H and O–H groups in total. The van der Waals surface area contributed by atoms with E-state index in [-0.39, 0.29) is 0 Å². The highest BCUT2D eigenvalue weighted by Crippen LogP contribution is 2.07. The van der Waals surface area contributed by atoms with Gasteiger partial charge in [0.2, 0.25) is 0 Å². The molecule has 0 aliphatic heterocycles. The summed E-state index contributed by atoms with van der Waals surface area (Å²) in [5.41, 5.74) is 4.35. The van der Waals surface area contributed by atoms with E-state index < -0.39 is 0 Å². The fraction of sp³-hybridized carbons (Fsp3) is 0.188. The average molecular weight is 239 g/mol. The first kappa shape index (κ1) is 12.4. The van der Waals surface area contributed by atoms with E-state index in [1.165, 1.54) is 5.56 Å². The number of benzene rings is 2. The van der Waals surface area contributed by atoms with E-state index >= 15 is 0 Å². The molecule has 0 saturated heterocycles. The van der Waals surface area contributed by atoms with Gasteiger partial charge >= 0.3 is 0 Å². The van der Waals surface area contributed by atoms with Crippen LogP contribution in [0.15, 0.2) is 59.8 Å². The molecule has 0 aliphatic carbocycles. The Balaban J connectivity index is 1.97. The lowest BCUT2D eigenvalue weighted by atomic mass is 10.1. The van der Waals surface area contributed by atoms with Crippen LogP contribution in [0, 0.1) is 6.92 Å². The topological polar surface area (TPSA) is 21.6 Å². The first-order valence-corrected chi connectivity index (χ1v) is 6.03. The van der Waals surface area contributed by atoms with E-state index in [0.717, 1.165) is 16.8 Å². The van der Waals surface area contributed by atoms with Crippen molar-refractivity contribution in [3.05, 3.63) is 71.3 Å². The van der Waals surface area contributed by atoms with Crippen molar-refractivity contribution >= 4 is 5.71 Å². The maximum Gasteiger partial charge on any atom is 0.142 e. The van der Waals surface area contributed by atoms with Crippen molar-refractivity contribution in [2.24, 2.45) is 5.16 Å². The van der Waals surface area contributed by atoms with Gasteiger partial charge in [-0.1, -0.05) is 65.3 Å². The highest BCUT2D eigenvalue weighted by Gasteiger charge is 1.98. The van der Waals surface area contributed by atoms with Crippen LogP contribution < -0.4 is 0 Å². The molecule has 18 heavy (non-hydrogen) atoms. The third-order valence-electron chi connectivity index (χ3n) is 2.71. The molecule has 0 atom stereocenters. The predicted molar refractivity (Wildman–Crippen MR) is 74.6 cm³/mol. The second-order valence-corrected chi connectivity index (χ2v) is 4.31. The van der Waals surface area contributed by atoms with Gasteiger partial charge < -0.3 is 4.84 Å². The van der Waals surface area contributed by atoms with E-state index in [4.69, 9.17) is 4.84 Å². The zero-order valence-electron chi connectivity index (χ0n) is 10.8. The normalized spacial score (nSPS) is 11.3. The summed E-state index contributed by atoms with van der Waals surface area (Å²) in [6, 6.07) is 18.3. The smallest absolute Gasteiger partial charge is 0.142 e. The summed E-state index contributed by atoms with van der Waals surface area (Å²) in [7, 11) is 0. The monoisotopic (exact) mass is 239 g/mol. The molecular weight excluding hydrogens is 222 g/mol. The van der Waals surface area contributed by atoms with Gasteiger partial charge in [0.05, 0.1) is 5.71 Å². The Morgan fingerprint density at radius 2 is 1.83 bits per heavy atom. The van der Waals surface area contributed by atoms with Crippen LogP contribution in [0.25, 0.3) is 0 Å². The van der Waals surface area contributed by atoms with Gasteiger partial charge in [0, 0.05) is 0 Å². The van der Waals surface area contributed by atoms with Crippen molar-refractivity contribution in [3.63, 3.8) is 0 Å². The molecule has 92 valence electrons. The molecule has 2 rings (SSSR count).